The molecule has 0 spiro atoms. The second kappa shape index (κ2) is 6.62. The van der Waals surface area contributed by atoms with Crippen molar-refractivity contribution in [3.63, 3.8) is 0 Å². The van der Waals surface area contributed by atoms with Gasteiger partial charge in [0.15, 0.2) is 0 Å². The van der Waals surface area contributed by atoms with E-state index in [0.29, 0.717) is 12.5 Å². The largest absolute Gasteiger partial charge is 0.374 e. The molecule has 0 aliphatic heterocycles. The quantitative estimate of drug-likeness (QED) is 0.810. The van der Waals surface area contributed by atoms with Gasteiger partial charge in [-0.05, 0) is 15.9 Å². The number of hydrogen-bond donors (Lipinski definition) is 1. The number of aromatic nitrogens is 2. The molecule has 1 heterocycles. The Kier molecular flexibility index (Phi) is 5.41. The third kappa shape index (κ3) is 5.58. The van der Waals surface area contributed by atoms with E-state index in [2.05, 4.69) is 36.0 Å². The lowest BCUT2D eigenvalue weighted by Crippen LogP contribution is -2.14. The molecule has 1 N–H and O–H groups in total. The number of alkyl halides is 2. The number of hydrogen-bond acceptors (Lipinski definition) is 4. The molecule has 0 unspecified atom stereocenters. The highest BCUT2D eigenvalue weighted by Crippen LogP contribution is 2.06. The van der Waals surface area contributed by atoms with E-state index >= 15 is 0 Å². The topological polar surface area (TPSA) is 47.0 Å². The van der Waals surface area contributed by atoms with Gasteiger partial charge < -0.3 is 10.1 Å². The number of nitrogens with zero attached hydrogens (tertiary/aromatic N) is 2. The molecule has 0 fully saturated rings. The van der Waals surface area contributed by atoms with E-state index in [1.165, 1.54) is 0 Å². The van der Waals surface area contributed by atoms with Gasteiger partial charge in [-0.1, -0.05) is 0 Å². The van der Waals surface area contributed by atoms with Crippen molar-refractivity contribution in [3.05, 3.63) is 16.9 Å². The molecule has 0 radical (unpaired) electrons. The maximum Gasteiger partial charge on any atom is 0.261 e. The fourth-order valence-corrected chi connectivity index (χ4v) is 1.02. The summed E-state index contributed by atoms with van der Waals surface area (Å²) in [4.78, 5) is 7.88. The van der Waals surface area contributed by atoms with Crippen molar-refractivity contribution < 1.29 is 13.5 Å². The van der Waals surface area contributed by atoms with Crippen LogP contribution in [0.25, 0.3) is 0 Å². The Morgan fingerprint density at radius 1 is 1.40 bits per heavy atom. The number of nitrogens with one attached hydrogen (secondary N) is 1. The molecule has 1 aromatic rings. The van der Waals surface area contributed by atoms with E-state index in [4.69, 9.17) is 0 Å². The fraction of sp³-hybridized carbons (Fsp3) is 0.500. The number of anilines is 1. The maximum absolute atomic E-state index is 11.7. The van der Waals surface area contributed by atoms with Crippen molar-refractivity contribution in [1.29, 1.82) is 0 Å². The number of rotatable bonds is 6. The zero-order valence-corrected chi connectivity index (χ0v) is 9.38. The summed E-state index contributed by atoms with van der Waals surface area (Å²) in [5.41, 5.74) is 0. The first-order chi connectivity index (χ1) is 7.18. The van der Waals surface area contributed by atoms with E-state index < -0.39 is 13.0 Å². The molecule has 0 atom stereocenters. The first-order valence-electron chi connectivity index (χ1n) is 4.26. The standard InChI is InChI=1S/C8H10BrF2N3O/c9-6-3-13-8(14-4-6)12-1-2-15-5-7(10)11/h3-4,7H,1-2,5H2,(H,12,13,14). The Balaban J connectivity index is 2.12. The Morgan fingerprint density at radius 3 is 2.67 bits per heavy atom. The molecule has 84 valence electrons. The van der Waals surface area contributed by atoms with Crippen LogP contribution in [0.5, 0.6) is 0 Å². The Bertz CT molecular complexity index is 284. The van der Waals surface area contributed by atoms with Gasteiger partial charge >= 0.3 is 0 Å². The van der Waals surface area contributed by atoms with E-state index in [1.807, 2.05) is 0 Å². The highest BCUT2D eigenvalue weighted by molar-refractivity contribution is 9.10. The number of halogens is 3. The van der Waals surface area contributed by atoms with Crippen molar-refractivity contribution in [1.82, 2.24) is 9.97 Å². The van der Waals surface area contributed by atoms with Crippen LogP contribution >= 0.6 is 15.9 Å². The van der Waals surface area contributed by atoms with Gasteiger partial charge in [0.25, 0.3) is 6.43 Å². The van der Waals surface area contributed by atoms with Crippen LogP contribution in [-0.2, 0) is 4.74 Å². The minimum absolute atomic E-state index is 0.198. The highest BCUT2D eigenvalue weighted by Gasteiger charge is 2.01. The van der Waals surface area contributed by atoms with E-state index in [0.717, 1.165) is 4.47 Å². The molecule has 1 aromatic heterocycles. The first-order valence-corrected chi connectivity index (χ1v) is 5.05. The predicted molar refractivity (Wildman–Crippen MR) is 55.0 cm³/mol. The summed E-state index contributed by atoms with van der Waals surface area (Å²) in [6, 6.07) is 0. The van der Waals surface area contributed by atoms with Crippen molar-refractivity contribution in [2.75, 3.05) is 25.1 Å². The van der Waals surface area contributed by atoms with Crippen molar-refractivity contribution >= 4 is 21.9 Å². The van der Waals surface area contributed by atoms with Crippen LogP contribution < -0.4 is 5.32 Å². The van der Waals surface area contributed by atoms with Crippen molar-refractivity contribution in [3.8, 4) is 0 Å². The molecule has 0 bridgehead atoms. The fourth-order valence-electron chi connectivity index (χ4n) is 0.811. The predicted octanol–water partition coefficient (Wildman–Crippen LogP) is 1.93. The van der Waals surface area contributed by atoms with E-state index in [-0.39, 0.29) is 6.61 Å². The minimum atomic E-state index is -2.42. The van der Waals surface area contributed by atoms with Crippen LogP contribution in [-0.4, -0.2) is 36.2 Å². The summed E-state index contributed by atoms with van der Waals surface area (Å²) in [6.45, 7) is 0.0565. The first kappa shape index (κ1) is 12.3. The summed E-state index contributed by atoms with van der Waals surface area (Å²) in [5, 5.41) is 2.83. The summed E-state index contributed by atoms with van der Waals surface area (Å²) >= 11 is 3.19. The summed E-state index contributed by atoms with van der Waals surface area (Å²) in [7, 11) is 0. The smallest absolute Gasteiger partial charge is 0.261 e. The Labute approximate surface area is 94.2 Å². The summed E-state index contributed by atoms with van der Waals surface area (Å²) in [6.07, 6.45) is 0.763. The second-order valence-corrected chi connectivity index (χ2v) is 3.53. The molecule has 7 heteroatoms. The average Bonchev–Trinajstić information content (AvgIpc) is 2.20. The van der Waals surface area contributed by atoms with E-state index in [9.17, 15) is 8.78 Å². The maximum atomic E-state index is 11.7. The highest BCUT2D eigenvalue weighted by atomic mass is 79.9. The average molecular weight is 282 g/mol. The van der Waals surface area contributed by atoms with Crippen LogP contribution in [0.1, 0.15) is 0 Å². The number of ether oxygens (including phenoxy) is 1. The van der Waals surface area contributed by atoms with E-state index in [1.54, 1.807) is 12.4 Å². The lowest BCUT2D eigenvalue weighted by molar-refractivity contribution is 0.0214. The molecule has 0 aliphatic carbocycles. The Morgan fingerprint density at radius 2 is 2.07 bits per heavy atom. The molecule has 0 aromatic carbocycles. The lowest BCUT2D eigenvalue weighted by Gasteiger charge is -2.05. The van der Waals surface area contributed by atoms with Gasteiger partial charge in [0.05, 0.1) is 11.1 Å². The van der Waals surface area contributed by atoms with Crippen LogP contribution in [0.4, 0.5) is 14.7 Å². The monoisotopic (exact) mass is 281 g/mol. The third-order valence-corrected chi connectivity index (χ3v) is 1.80. The normalized spacial score (nSPS) is 10.7. The Hall–Kier alpha value is -0.820. The SMILES string of the molecule is FC(F)COCCNc1ncc(Br)cn1. The van der Waals surface area contributed by atoms with Gasteiger partial charge in [-0.3, -0.25) is 0 Å². The zero-order valence-electron chi connectivity index (χ0n) is 7.79. The van der Waals surface area contributed by atoms with Crippen molar-refractivity contribution in [2.24, 2.45) is 0 Å². The van der Waals surface area contributed by atoms with Gasteiger partial charge in [-0.25, -0.2) is 18.7 Å². The molecular formula is C8H10BrF2N3O. The molecule has 0 aliphatic rings. The van der Waals surface area contributed by atoms with Crippen LogP contribution in [0.3, 0.4) is 0 Å². The minimum Gasteiger partial charge on any atom is -0.374 e. The molecule has 4 nitrogen and oxygen atoms in total. The third-order valence-electron chi connectivity index (χ3n) is 1.39. The second-order valence-electron chi connectivity index (χ2n) is 2.62. The lowest BCUT2D eigenvalue weighted by atomic mass is 10.6. The van der Waals surface area contributed by atoms with Gasteiger partial charge in [0, 0.05) is 18.9 Å². The summed E-state index contributed by atoms with van der Waals surface area (Å²) in [5.74, 6) is 0.443. The van der Waals surface area contributed by atoms with Crippen LogP contribution in [0.2, 0.25) is 0 Å². The molecular weight excluding hydrogens is 272 g/mol. The molecule has 1 rings (SSSR count). The van der Waals surface area contributed by atoms with Crippen LogP contribution in [0.15, 0.2) is 16.9 Å². The van der Waals surface area contributed by atoms with Gasteiger partial charge in [-0.2, -0.15) is 0 Å². The van der Waals surface area contributed by atoms with Crippen LogP contribution in [0, 0.1) is 0 Å². The van der Waals surface area contributed by atoms with Crippen molar-refractivity contribution in [2.45, 2.75) is 6.43 Å². The zero-order chi connectivity index (χ0) is 11.1. The summed E-state index contributed by atoms with van der Waals surface area (Å²) < 4.78 is 28.8. The molecule has 0 saturated carbocycles. The molecule has 0 saturated heterocycles. The van der Waals surface area contributed by atoms with Gasteiger partial charge in [0.1, 0.15) is 6.61 Å². The molecule has 15 heavy (non-hydrogen) atoms. The van der Waals surface area contributed by atoms with Gasteiger partial charge in [-0.15, -0.1) is 0 Å². The van der Waals surface area contributed by atoms with Gasteiger partial charge in [0.2, 0.25) is 5.95 Å². The molecule has 0 amide bonds.